The maximum atomic E-state index is 12.8. The number of aliphatic carboxylic acids is 2. The van der Waals surface area contributed by atoms with Crippen molar-refractivity contribution in [3.8, 4) is 0 Å². The van der Waals surface area contributed by atoms with Gasteiger partial charge in [0.15, 0.2) is 0 Å². The van der Waals surface area contributed by atoms with Gasteiger partial charge in [0.25, 0.3) is 5.91 Å². The van der Waals surface area contributed by atoms with E-state index in [2.05, 4.69) is 16.4 Å². The number of benzene rings is 2. The number of hydrogen-bond donors (Lipinski definition) is 5. The monoisotopic (exact) mass is 530 g/mol. The van der Waals surface area contributed by atoms with Gasteiger partial charge in [-0.25, -0.2) is 14.4 Å². The Hall–Kier alpha value is -4.19. The van der Waals surface area contributed by atoms with Crippen molar-refractivity contribution < 1.29 is 34.9 Å². The van der Waals surface area contributed by atoms with Crippen molar-refractivity contribution >= 4 is 46.4 Å². The fourth-order valence-electron chi connectivity index (χ4n) is 3.73. The van der Waals surface area contributed by atoms with Crippen molar-refractivity contribution in [1.29, 1.82) is 0 Å². The number of hydrogen-bond acceptors (Lipinski definition) is 5. The van der Waals surface area contributed by atoms with Crippen LogP contribution in [-0.2, 0) is 33.8 Å². The van der Waals surface area contributed by atoms with Crippen LogP contribution in [0.2, 0.25) is 5.02 Å². The Kier molecular flexibility index (Phi) is 10.4. The number of nitrogens with one attached hydrogen (secondary N) is 2. The summed E-state index contributed by atoms with van der Waals surface area (Å²) in [6.45, 7) is 0.809. The lowest BCUT2D eigenvalue weighted by atomic mass is 10.0. The lowest BCUT2D eigenvalue weighted by molar-refractivity contribution is -0.134. The van der Waals surface area contributed by atoms with Gasteiger partial charge in [0.2, 0.25) is 0 Å². The smallest absolute Gasteiger partial charge is 0.328 e. The highest BCUT2D eigenvalue weighted by Crippen LogP contribution is 2.22. The number of nitrogens with zero attached hydrogens (tertiary/aromatic N) is 1. The molecule has 8 N–H and O–H groups in total. The topological polar surface area (TPSA) is 197 Å². The first-order valence-electron chi connectivity index (χ1n) is 11.0. The van der Waals surface area contributed by atoms with E-state index in [0.717, 1.165) is 34.0 Å². The second-order valence-corrected chi connectivity index (χ2v) is 8.44. The van der Waals surface area contributed by atoms with Gasteiger partial charge in [-0.15, -0.1) is 0 Å². The van der Waals surface area contributed by atoms with Gasteiger partial charge in [-0.05, 0) is 53.9 Å². The number of imide groups is 1. The van der Waals surface area contributed by atoms with Crippen LogP contribution in [0, 0.1) is 0 Å². The Labute approximate surface area is 216 Å². The van der Waals surface area contributed by atoms with Crippen LogP contribution < -0.4 is 11.1 Å². The number of carbonyl (C=O) groups is 4. The maximum Gasteiger partial charge on any atom is 0.328 e. The second-order valence-electron chi connectivity index (χ2n) is 8.00. The van der Waals surface area contributed by atoms with Gasteiger partial charge in [0, 0.05) is 40.7 Å². The van der Waals surface area contributed by atoms with Crippen LogP contribution >= 0.6 is 11.6 Å². The van der Waals surface area contributed by atoms with Crippen LogP contribution in [0.25, 0.3) is 10.9 Å². The van der Waals surface area contributed by atoms with Crippen molar-refractivity contribution in [1.82, 2.24) is 15.2 Å². The third-order valence-corrected chi connectivity index (χ3v) is 5.67. The van der Waals surface area contributed by atoms with Crippen molar-refractivity contribution in [2.75, 3.05) is 6.54 Å². The molecule has 1 saturated heterocycles. The van der Waals surface area contributed by atoms with Crippen LogP contribution in [-0.4, -0.2) is 62.0 Å². The highest BCUT2D eigenvalue weighted by Gasteiger charge is 2.37. The first kappa shape index (κ1) is 29.0. The zero-order valence-corrected chi connectivity index (χ0v) is 20.4. The van der Waals surface area contributed by atoms with Crippen molar-refractivity contribution in [3.63, 3.8) is 0 Å². The van der Waals surface area contributed by atoms with E-state index in [1.54, 1.807) is 12.1 Å². The number of carboxylic acids is 2. The summed E-state index contributed by atoms with van der Waals surface area (Å²) in [7, 11) is 0. The largest absolute Gasteiger partial charge is 0.478 e. The lowest BCUT2D eigenvalue weighted by Crippen LogP contribution is -2.32. The summed E-state index contributed by atoms with van der Waals surface area (Å²) in [5, 5.41) is 20.2. The van der Waals surface area contributed by atoms with Gasteiger partial charge in [0.05, 0.1) is 6.54 Å². The number of carbonyl (C=O) groups excluding carboxylic acids is 2. The molecule has 1 aromatic heterocycles. The molecule has 11 nitrogen and oxygen atoms in total. The predicted molar refractivity (Wildman–Crippen MR) is 137 cm³/mol. The molecule has 1 fully saturated rings. The Balaban J connectivity index is 0.000000467. The van der Waals surface area contributed by atoms with Crippen LogP contribution in [0.4, 0.5) is 4.79 Å². The number of urea groups is 1. The van der Waals surface area contributed by atoms with Gasteiger partial charge in [-0.2, -0.15) is 0 Å². The molecule has 4 rings (SSSR count). The van der Waals surface area contributed by atoms with E-state index in [-0.39, 0.29) is 24.0 Å². The van der Waals surface area contributed by atoms with Gasteiger partial charge in [-0.3, -0.25) is 9.69 Å². The second kappa shape index (κ2) is 13.2. The normalized spacial score (nSPS) is 14.8. The number of H-pyrrole nitrogens is 1. The molecular weight excluding hydrogens is 504 g/mol. The predicted octanol–water partition coefficient (Wildman–Crippen LogP) is 1.87. The number of aromatic nitrogens is 1. The molecule has 0 spiro atoms. The third kappa shape index (κ3) is 7.90. The van der Waals surface area contributed by atoms with Gasteiger partial charge >= 0.3 is 18.0 Å². The summed E-state index contributed by atoms with van der Waals surface area (Å²) in [5.74, 6) is -2.73. The van der Waals surface area contributed by atoms with E-state index in [9.17, 15) is 19.2 Å². The van der Waals surface area contributed by atoms with E-state index < -0.39 is 18.0 Å². The van der Waals surface area contributed by atoms with Crippen LogP contribution in [0.15, 0.2) is 60.8 Å². The molecule has 2 aromatic carbocycles. The Bertz CT molecular complexity index is 1290. The Morgan fingerprint density at radius 2 is 1.65 bits per heavy atom. The summed E-state index contributed by atoms with van der Waals surface area (Å²) < 4.78 is 0. The van der Waals surface area contributed by atoms with Crippen LogP contribution in [0.3, 0.4) is 0 Å². The molecule has 0 aliphatic carbocycles. The molecule has 1 aliphatic heterocycles. The van der Waals surface area contributed by atoms with Crippen LogP contribution in [0.1, 0.15) is 16.7 Å². The minimum absolute atomic E-state index is 0. The molecule has 0 saturated carbocycles. The van der Waals surface area contributed by atoms with E-state index in [1.165, 1.54) is 4.90 Å². The Morgan fingerprint density at radius 1 is 1.03 bits per heavy atom. The van der Waals surface area contributed by atoms with Crippen molar-refractivity contribution in [3.05, 3.63) is 82.5 Å². The molecule has 0 radical (unpaired) electrons. The summed E-state index contributed by atoms with van der Waals surface area (Å²) in [5.41, 5.74) is 9.73. The zero-order valence-electron chi connectivity index (χ0n) is 19.6. The average molecular weight is 531 g/mol. The summed E-state index contributed by atoms with van der Waals surface area (Å²) in [6.07, 6.45) is 4.32. The number of amides is 3. The molecular formula is C25H27ClN4O7. The quantitative estimate of drug-likeness (QED) is 0.216. The molecule has 1 unspecified atom stereocenters. The highest BCUT2D eigenvalue weighted by atomic mass is 35.5. The van der Waals surface area contributed by atoms with E-state index in [1.807, 2.05) is 30.5 Å². The van der Waals surface area contributed by atoms with E-state index in [4.69, 9.17) is 27.5 Å². The minimum atomic E-state index is -1.26. The number of fused-ring (bicyclic) bond motifs is 1. The van der Waals surface area contributed by atoms with E-state index >= 15 is 0 Å². The molecule has 1 atom stereocenters. The molecule has 1 aliphatic rings. The number of nitrogens with two attached hydrogens (primary N) is 1. The molecule has 37 heavy (non-hydrogen) atoms. The molecule has 2 heterocycles. The fraction of sp³-hybridized carbons (Fsp3) is 0.200. The molecule has 0 bridgehead atoms. The number of rotatable bonds is 8. The van der Waals surface area contributed by atoms with Gasteiger partial charge in [0.1, 0.15) is 6.04 Å². The maximum absolute atomic E-state index is 12.8. The van der Waals surface area contributed by atoms with Crippen molar-refractivity contribution in [2.45, 2.75) is 25.4 Å². The van der Waals surface area contributed by atoms with Gasteiger partial charge < -0.3 is 31.7 Å². The average Bonchev–Trinajstić information content (AvgIpc) is 3.35. The lowest BCUT2D eigenvalue weighted by Gasteiger charge is -2.13. The highest BCUT2D eigenvalue weighted by molar-refractivity contribution is 6.30. The summed E-state index contributed by atoms with van der Waals surface area (Å²) in [4.78, 5) is 48.7. The molecule has 196 valence electrons. The number of halogens is 1. The van der Waals surface area contributed by atoms with Gasteiger partial charge in [-0.1, -0.05) is 29.8 Å². The first-order valence-corrected chi connectivity index (χ1v) is 11.3. The summed E-state index contributed by atoms with van der Waals surface area (Å²) in [6, 6.07) is 12.2. The standard InChI is InChI=1S/C21H21ClN4O2.C4H4O4.H2O/c22-16-4-1-13(2-5-16)12-26-20(27)19(25-21(26)28)10-14-3-6-18-17(9-14)15(7-8-23)11-24-18;5-3(6)1-2-4(7)8;/h1-6,9,11,19,24H,7-8,10,12,23H2,(H,25,28);1-2H,(H,5,6)(H,7,8);1H2/b;2-1-;. The molecule has 3 amide bonds. The number of aromatic amines is 1. The Morgan fingerprint density at radius 3 is 2.24 bits per heavy atom. The SMILES string of the molecule is NCCc1c[nH]c2ccc(CC3NC(=O)N(Cc4ccc(Cl)cc4)C3=O)cc12.O.O=C(O)/C=C\C(=O)O. The molecule has 3 aromatic rings. The van der Waals surface area contributed by atoms with Crippen molar-refractivity contribution in [2.24, 2.45) is 5.73 Å². The minimum Gasteiger partial charge on any atom is -0.478 e. The number of carboxylic acid groups (broad SMARTS) is 2. The fourth-order valence-corrected chi connectivity index (χ4v) is 3.86. The van der Waals surface area contributed by atoms with Crippen LogP contribution in [0.5, 0.6) is 0 Å². The third-order valence-electron chi connectivity index (χ3n) is 5.41. The summed E-state index contributed by atoms with van der Waals surface area (Å²) >= 11 is 5.89. The first-order chi connectivity index (χ1) is 17.2. The van der Waals surface area contributed by atoms with E-state index in [0.29, 0.717) is 30.1 Å². The molecule has 12 heteroatoms. The zero-order chi connectivity index (χ0) is 26.2.